The number of carbonyl (C=O) groups is 2. The second-order valence-corrected chi connectivity index (χ2v) is 11.1. The van der Waals surface area contributed by atoms with Crippen molar-refractivity contribution in [2.75, 3.05) is 0 Å². The molecule has 4 saturated carbocycles. The minimum atomic E-state index is -0.557. The van der Waals surface area contributed by atoms with Crippen LogP contribution in [0.5, 0.6) is 0 Å². The number of fused-ring (bicyclic) bond motifs is 1. The maximum atomic E-state index is 13.7. The van der Waals surface area contributed by atoms with Gasteiger partial charge >= 0.3 is 6.09 Å². The average Bonchev–Trinajstić information content (AvgIpc) is 3.01. The Bertz CT molecular complexity index is 981. The highest BCUT2D eigenvalue weighted by Crippen LogP contribution is 2.60. The van der Waals surface area contributed by atoms with Crippen LogP contribution in [0, 0.1) is 23.2 Å². The van der Waals surface area contributed by atoms with E-state index in [2.05, 4.69) is 5.32 Å². The molecule has 1 N–H and O–H groups in total. The zero-order chi connectivity index (χ0) is 21.8. The molecule has 0 aliphatic heterocycles. The SMILES string of the molecule is CC(C)(C)OC(=O)NCc1nc2ccccc2n1CC(=O)C12CC3CC(CC(C3)C1)C2. The molecule has 4 fully saturated rings. The van der Waals surface area contributed by atoms with Gasteiger partial charge in [-0.2, -0.15) is 0 Å². The lowest BCUT2D eigenvalue weighted by molar-refractivity contribution is -0.144. The van der Waals surface area contributed by atoms with Crippen LogP contribution in [0.4, 0.5) is 4.79 Å². The van der Waals surface area contributed by atoms with Crippen LogP contribution >= 0.6 is 0 Å². The monoisotopic (exact) mass is 423 g/mol. The molecule has 31 heavy (non-hydrogen) atoms. The predicted molar refractivity (Wildman–Crippen MR) is 118 cm³/mol. The standard InChI is InChI=1S/C25H33N3O3/c1-24(2,3)31-23(30)26-14-22-27-19-6-4-5-7-20(19)28(22)15-21(29)25-11-16-8-17(12-25)10-18(9-16)13-25/h4-7,16-18H,8-15H2,1-3H3,(H,26,30). The van der Waals surface area contributed by atoms with Crippen LogP contribution < -0.4 is 5.32 Å². The number of rotatable bonds is 5. The highest BCUT2D eigenvalue weighted by Gasteiger charge is 2.54. The van der Waals surface area contributed by atoms with Gasteiger partial charge in [-0.05, 0) is 89.2 Å². The van der Waals surface area contributed by atoms with Crippen molar-refractivity contribution >= 4 is 22.9 Å². The lowest BCUT2D eigenvalue weighted by atomic mass is 9.48. The zero-order valence-corrected chi connectivity index (χ0v) is 18.8. The molecule has 0 radical (unpaired) electrons. The highest BCUT2D eigenvalue weighted by atomic mass is 16.6. The number of alkyl carbamates (subject to hydrolysis) is 1. The molecule has 1 aromatic heterocycles. The van der Waals surface area contributed by atoms with Gasteiger partial charge in [-0.15, -0.1) is 0 Å². The lowest BCUT2D eigenvalue weighted by Crippen LogP contribution is -2.50. The van der Waals surface area contributed by atoms with E-state index < -0.39 is 11.7 Å². The number of ketones is 1. The Morgan fingerprint density at radius 2 is 1.71 bits per heavy atom. The minimum Gasteiger partial charge on any atom is -0.444 e. The fourth-order valence-electron chi connectivity index (χ4n) is 6.67. The summed E-state index contributed by atoms with van der Waals surface area (Å²) in [5.74, 6) is 3.27. The van der Waals surface area contributed by atoms with Crippen molar-refractivity contribution in [1.29, 1.82) is 0 Å². The molecular formula is C25H33N3O3. The molecular weight excluding hydrogens is 390 g/mol. The molecule has 1 amide bonds. The van der Waals surface area contributed by atoms with Crippen LogP contribution in [0.15, 0.2) is 24.3 Å². The summed E-state index contributed by atoms with van der Waals surface area (Å²) >= 11 is 0. The van der Waals surface area contributed by atoms with Gasteiger partial charge in [0.25, 0.3) is 0 Å². The first-order chi connectivity index (χ1) is 14.7. The summed E-state index contributed by atoms with van der Waals surface area (Å²) in [6, 6.07) is 7.89. The van der Waals surface area contributed by atoms with Crippen molar-refractivity contribution in [2.24, 2.45) is 23.2 Å². The fourth-order valence-corrected chi connectivity index (χ4v) is 6.67. The van der Waals surface area contributed by atoms with Crippen LogP contribution in [0.1, 0.15) is 65.1 Å². The Hall–Kier alpha value is -2.37. The van der Waals surface area contributed by atoms with E-state index in [1.165, 1.54) is 19.3 Å². The summed E-state index contributed by atoms with van der Waals surface area (Å²) in [5, 5.41) is 2.81. The van der Waals surface area contributed by atoms with Crippen molar-refractivity contribution in [1.82, 2.24) is 14.9 Å². The van der Waals surface area contributed by atoms with Crippen molar-refractivity contribution in [3.05, 3.63) is 30.1 Å². The van der Waals surface area contributed by atoms with Gasteiger partial charge in [0.15, 0.2) is 5.78 Å². The molecule has 6 heteroatoms. The summed E-state index contributed by atoms with van der Waals surface area (Å²) < 4.78 is 7.37. The molecule has 0 saturated heterocycles. The Kier molecular flexibility index (Phi) is 4.87. The first kappa shape index (κ1) is 20.5. The first-order valence-electron chi connectivity index (χ1n) is 11.7. The van der Waals surface area contributed by atoms with Gasteiger partial charge in [0.05, 0.1) is 24.1 Å². The first-order valence-corrected chi connectivity index (χ1v) is 11.7. The number of hydrogen-bond acceptors (Lipinski definition) is 4. The normalized spacial score (nSPS) is 29.3. The molecule has 166 valence electrons. The average molecular weight is 424 g/mol. The van der Waals surface area contributed by atoms with Crippen molar-refractivity contribution < 1.29 is 14.3 Å². The number of benzene rings is 1. The predicted octanol–water partition coefficient (Wildman–Crippen LogP) is 4.85. The molecule has 4 aliphatic rings. The summed E-state index contributed by atoms with van der Waals surface area (Å²) in [4.78, 5) is 30.6. The van der Waals surface area contributed by atoms with E-state index in [4.69, 9.17) is 9.72 Å². The number of imidazole rings is 1. The van der Waals surface area contributed by atoms with E-state index in [0.29, 0.717) is 18.2 Å². The Morgan fingerprint density at radius 3 is 2.32 bits per heavy atom. The Morgan fingerprint density at radius 1 is 1.10 bits per heavy atom. The minimum absolute atomic E-state index is 0.143. The van der Waals surface area contributed by atoms with Gasteiger partial charge in [0.2, 0.25) is 0 Å². The number of hydrogen-bond donors (Lipinski definition) is 1. The van der Waals surface area contributed by atoms with E-state index >= 15 is 0 Å². The van der Waals surface area contributed by atoms with Gasteiger partial charge in [0, 0.05) is 5.41 Å². The number of ether oxygens (including phenoxy) is 1. The molecule has 4 bridgehead atoms. The maximum Gasteiger partial charge on any atom is 0.408 e. The second-order valence-electron chi connectivity index (χ2n) is 11.1. The van der Waals surface area contributed by atoms with Crippen molar-refractivity contribution in [3.63, 3.8) is 0 Å². The Balaban J connectivity index is 1.38. The van der Waals surface area contributed by atoms with Gasteiger partial charge in [-0.1, -0.05) is 12.1 Å². The van der Waals surface area contributed by atoms with Crippen molar-refractivity contribution in [2.45, 2.75) is 78.0 Å². The molecule has 4 aliphatic carbocycles. The van der Waals surface area contributed by atoms with Crippen LogP contribution in [0.2, 0.25) is 0 Å². The molecule has 0 unspecified atom stereocenters. The molecule has 6 rings (SSSR count). The topological polar surface area (TPSA) is 73.2 Å². The van der Waals surface area contributed by atoms with Gasteiger partial charge < -0.3 is 14.6 Å². The molecule has 0 atom stereocenters. The van der Waals surface area contributed by atoms with E-state index in [-0.39, 0.29) is 12.0 Å². The van der Waals surface area contributed by atoms with Gasteiger partial charge in [-0.25, -0.2) is 9.78 Å². The second kappa shape index (κ2) is 7.35. The number of aromatic nitrogens is 2. The highest BCUT2D eigenvalue weighted by molar-refractivity contribution is 5.87. The van der Waals surface area contributed by atoms with E-state index in [1.54, 1.807) is 0 Å². The smallest absolute Gasteiger partial charge is 0.408 e. The Labute approximate surface area is 183 Å². The number of carbonyl (C=O) groups excluding carboxylic acids is 2. The molecule has 0 spiro atoms. The third-order valence-electron chi connectivity index (χ3n) is 7.45. The number of nitrogens with one attached hydrogen (secondary N) is 1. The molecule has 2 aromatic rings. The van der Waals surface area contributed by atoms with E-state index in [9.17, 15) is 9.59 Å². The maximum absolute atomic E-state index is 13.7. The van der Waals surface area contributed by atoms with Crippen LogP contribution in [-0.2, 0) is 22.6 Å². The largest absolute Gasteiger partial charge is 0.444 e. The van der Waals surface area contributed by atoms with Crippen LogP contribution in [0.25, 0.3) is 11.0 Å². The van der Waals surface area contributed by atoms with Crippen LogP contribution in [0.3, 0.4) is 0 Å². The fraction of sp³-hybridized carbons (Fsp3) is 0.640. The van der Waals surface area contributed by atoms with E-state index in [0.717, 1.165) is 48.0 Å². The number of Topliss-reactive ketones (excluding diaryl/α,β-unsaturated/α-hetero) is 1. The van der Waals surface area contributed by atoms with E-state index in [1.807, 2.05) is 49.6 Å². The zero-order valence-electron chi connectivity index (χ0n) is 18.8. The molecule has 1 aromatic carbocycles. The summed E-state index contributed by atoms with van der Waals surface area (Å²) in [5.41, 5.74) is 1.10. The third-order valence-corrected chi connectivity index (χ3v) is 7.45. The van der Waals surface area contributed by atoms with Crippen molar-refractivity contribution in [3.8, 4) is 0 Å². The number of nitrogens with zero attached hydrogens (tertiary/aromatic N) is 2. The number of para-hydroxylation sites is 2. The van der Waals surface area contributed by atoms with Gasteiger partial charge in [0.1, 0.15) is 11.4 Å². The lowest BCUT2D eigenvalue weighted by Gasteiger charge is -2.56. The summed E-state index contributed by atoms with van der Waals surface area (Å²) in [7, 11) is 0. The quantitative estimate of drug-likeness (QED) is 0.746. The summed E-state index contributed by atoms with van der Waals surface area (Å²) in [6.07, 6.45) is 6.70. The molecule has 1 heterocycles. The molecule has 6 nitrogen and oxygen atoms in total. The summed E-state index contributed by atoms with van der Waals surface area (Å²) in [6.45, 7) is 6.08. The third kappa shape index (κ3) is 3.97. The number of amides is 1. The van der Waals surface area contributed by atoms with Crippen LogP contribution in [-0.4, -0.2) is 27.0 Å². The van der Waals surface area contributed by atoms with Gasteiger partial charge in [-0.3, -0.25) is 4.79 Å².